The van der Waals surface area contributed by atoms with Crippen LogP contribution < -0.4 is 0 Å². The first-order valence-corrected chi connectivity index (χ1v) is 4.89. The maximum atomic E-state index is 11.5. The van der Waals surface area contributed by atoms with E-state index in [2.05, 4.69) is 10.3 Å². The third kappa shape index (κ3) is 2.78. The Labute approximate surface area is 92.3 Å². The summed E-state index contributed by atoms with van der Waals surface area (Å²) >= 11 is 0. The molecule has 1 aromatic heterocycles. The summed E-state index contributed by atoms with van der Waals surface area (Å²) in [6.45, 7) is 3.68. The normalized spacial score (nSPS) is 10.2. The minimum atomic E-state index is -1.22. The highest BCUT2D eigenvalue weighted by atomic mass is 16.6. The van der Waals surface area contributed by atoms with Crippen molar-refractivity contribution in [1.82, 2.24) is 15.0 Å². The van der Waals surface area contributed by atoms with Gasteiger partial charge in [-0.1, -0.05) is 5.21 Å². The van der Waals surface area contributed by atoms with Gasteiger partial charge in [0.2, 0.25) is 6.04 Å². The van der Waals surface area contributed by atoms with Crippen LogP contribution in [0, 0.1) is 0 Å². The molecule has 7 nitrogen and oxygen atoms in total. The van der Waals surface area contributed by atoms with E-state index in [4.69, 9.17) is 9.47 Å². The molecule has 0 aliphatic heterocycles. The quantitative estimate of drug-likeness (QED) is 0.518. The van der Waals surface area contributed by atoms with Crippen molar-refractivity contribution in [2.75, 3.05) is 13.2 Å². The second-order valence-corrected chi connectivity index (χ2v) is 2.79. The van der Waals surface area contributed by atoms with E-state index in [1.54, 1.807) is 13.8 Å². The zero-order valence-electron chi connectivity index (χ0n) is 9.12. The third-order valence-corrected chi connectivity index (χ3v) is 1.73. The fourth-order valence-electron chi connectivity index (χ4n) is 1.11. The Morgan fingerprint density at radius 2 is 1.81 bits per heavy atom. The maximum absolute atomic E-state index is 11.5. The number of carbonyl (C=O) groups excluding carboxylic acids is 2. The van der Waals surface area contributed by atoms with Gasteiger partial charge >= 0.3 is 11.9 Å². The fraction of sp³-hybridized carbons (Fsp3) is 0.556. The van der Waals surface area contributed by atoms with E-state index in [0.29, 0.717) is 0 Å². The van der Waals surface area contributed by atoms with Gasteiger partial charge in [-0.05, 0) is 13.8 Å². The lowest BCUT2D eigenvalue weighted by molar-refractivity contribution is -0.160. The van der Waals surface area contributed by atoms with Crippen LogP contribution >= 0.6 is 0 Å². The number of aromatic nitrogens is 3. The Morgan fingerprint density at radius 1 is 1.25 bits per heavy atom. The van der Waals surface area contributed by atoms with Crippen LogP contribution in [0.4, 0.5) is 0 Å². The van der Waals surface area contributed by atoms with E-state index < -0.39 is 18.0 Å². The van der Waals surface area contributed by atoms with Gasteiger partial charge in [0, 0.05) is 6.20 Å². The van der Waals surface area contributed by atoms with Gasteiger partial charge in [-0.25, -0.2) is 14.3 Å². The first kappa shape index (κ1) is 12.2. The van der Waals surface area contributed by atoms with Crippen LogP contribution in [-0.2, 0) is 19.1 Å². The number of carbonyl (C=O) groups is 2. The largest absolute Gasteiger partial charge is 0.464 e. The Morgan fingerprint density at radius 3 is 2.19 bits per heavy atom. The Kier molecular flexibility index (Phi) is 4.43. The summed E-state index contributed by atoms with van der Waals surface area (Å²) in [7, 11) is 0. The topological polar surface area (TPSA) is 83.3 Å². The molecule has 0 radical (unpaired) electrons. The van der Waals surface area contributed by atoms with Crippen LogP contribution in [0.3, 0.4) is 0 Å². The fourth-order valence-corrected chi connectivity index (χ4v) is 1.11. The Balaban J connectivity index is 2.85. The molecule has 0 amide bonds. The third-order valence-electron chi connectivity index (χ3n) is 1.73. The van der Waals surface area contributed by atoms with Crippen molar-refractivity contribution in [2.45, 2.75) is 19.9 Å². The van der Waals surface area contributed by atoms with Crippen molar-refractivity contribution >= 4 is 11.9 Å². The molecule has 0 atom stereocenters. The van der Waals surface area contributed by atoms with E-state index in [0.717, 1.165) is 4.68 Å². The first-order valence-electron chi connectivity index (χ1n) is 4.89. The molecular weight excluding hydrogens is 214 g/mol. The second kappa shape index (κ2) is 5.84. The molecule has 0 aliphatic rings. The molecule has 1 heterocycles. The summed E-state index contributed by atoms with van der Waals surface area (Å²) in [4.78, 5) is 23.1. The number of rotatable bonds is 5. The van der Waals surface area contributed by atoms with E-state index in [1.165, 1.54) is 12.4 Å². The molecule has 0 aliphatic carbocycles. The van der Waals surface area contributed by atoms with Crippen LogP contribution in [-0.4, -0.2) is 40.1 Å². The molecule has 16 heavy (non-hydrogen) atoms. The standard InChI is InChI=1S/C9H13N3O4/c1-3-15-8(13)7(9(14)16-4-2)12-6-5-10-11-12/h5-7H,3-4H2,1-2H3. The molecule has 88 valence electrons. The summed E-state index contributed by atoms with van der Waals surface area (Å²) in [6.07, 6.45) is 2.77. The average molecular weight is 227 g/mol. The molecule has 0 unspecified atom stereocenters. The Bertz CT molecular complexity index is 332. The number of esters is 2. The predicted octanol–water partition coefficient (Wildman–Crippen LogP) is -0.0546. The Hall–Kier alpha value is -1.92. The molecule has 0 N–H and O–H groups in total. The molecule has 0 spiro atoms. The lowest BCUT2D eigenvalue weighted by atomic mass is 10.3. The summed E-state index contributed by atoms with van der Waals surface area (Å²) in [5.74, 6) is -1.40. The molecular formula is C9H13N3O4. The summed E-state index contributed by atoms with van der Waals surface area (Å²) < 4.78 is 10.6. The molecule has 7 heteroatoms. The molecule has 1 aromatic rings. The van der Waals surface area contributed by atoms with E-state index >= 15 is 0 Å². The number of hydrogen-bond donors (Lipinski definition) is 0. The van der Waals surface area contributed by atoms with Crippen molar-refractivity contribution in [3.63, 3.8) is 0 Å². The second-order valence-electron chi connectivity index (χ2n) is 2.79. The zero-order valence-corrected chi connectivity index (χ0v) is 9.12. The molecule has 0 fully saturated rings. The highest BCUT2D eigenvalue weighted by Gasteiger charge is 2.32. The van der Waals surface area contributed by atoms with E-state index in [9.17, 15) is 9.59 Å². The smallest absolute Gasteiger partial charge is 0.342 e. The molecule has 0 saturated heterocycles. The number of ether oxygens (including phenoxy) is 2. The zero-order chi connectivity index (χ0) is 12.0. The summed E-state index contributed by atoms with van der Waals surface area (Å²) in [5.41, 5.74) is 0. The monoisotopic (exact) mass is 227 g/mol. The minimum Gasteiger partial charge on any atom is -0.464 e. The number of hydrogen-bond acceptors (Lipinski definition) is 6. The minimum absolute atomic E-state index is 0.184. The average Bonchev–Trinajstić information content (AvgIpc) is 2.72. The molecule has 1 rings (SSSR count). The maximum Gasteiger partial charge on any atom is 0.342 e. The SMILES string of the molecule is CCOC(=O)C(C(=O)OCC)n1ccnn1. The van der Waals surface area contributed by atoms with Gasteiger partial charge in [-0.2, -0.15) is 0 Å². The first-order chi connectivity index (χ1) is 7.70. The van der Waals surface area contributed by atoms with Crippen molar-refractivity contribution in [3.8, 4) is 0 Å². The summed E-state index contributed by atoms with van der Waals surface area (Å²) in [6, 6.07) is -1.22. The predicted molar refractivity (Wildman–Crippen MR) is 52.3 cm³/mol. The van der Waals surface area contributed by atoms with Crippen molar-refractivity contribution < 1.29 is 19.1 Å². The van der Waals surface area contributed by atoms with Crippen LogP contribution in [0.15, 0.2) is 12.4 Å². The van der Waals surface area contributed by atoms with Gasteiger partial charge in [0.15, 0.2) is 0 Å². The van der Waals surface area contributed by atoms with E-state index in [-0.39, 0.29) is 13.2 Å². The van der Waals surface area contributed by atoms with Crippen LogP contribution in [0.25, 0.3) is 0 Å². The summed E-state index contributed by atoms with van der Waals surface area (Å²) in [5, 5.41) is 7.11. The van der Waals surface area contributed by atoms with Crippen LogP contribution in [0.1, 0.15) is 19.9 Å². The van der Waals surface area contributed by atoms with E-state index in [1.807, 2.05) is 0 Å². The van der Waals surface area contributed by atoms with Crippen molar-refractivity contribution in [1.29, 1.82) is 0 Å². The molecule has 0 saturated carbocycles. The van der Waals surface area contributed by atoms with Gasteiger partial charge in [0.1, 0.15) is 0 Å². The van der Waals surface area contributed by atoms with Gasteiger partial charge in [0.05, 0.1) is 19.4 Å². The van der Waals surface area contributed by atoms with Gasteiger partial charge in [0.25, 0.3) is 0 Å². The van der Waals surface area contributed by atoms with Crippen LogP contribution in [0.2, 0.25) is 0 Å². The van der Waals surface area contributed by atoms with Crippen molar-refractivity contribution in [3.05, 3.63) is 12.4 Å². The lowest BCUT2D eigenvalue weighted by Gasteiger charge is -2.13. The lowest BCUT2D eigenvalue weighted by Crippen LogP contribution is -2.31. The highest BCUT2D eigenvalue weighted by molar-refractivity contribution is 5.96. The van der Waals surface area contributed by atoms with Gasteiger partial charge in [-0.15, -0.1) is 5.10 Å². The van der Waals surface area contributed by atoms with Crippen molar-refractivity contribution in [2.24, 2.45) is 0 Å². The van der Waals surface area contributed by atoms with Crippen LogP contribution in [0.5, 0.6) is 0 Å². The highest BCUT2D eigenvalue weighted by Crippen LogP contribution is 2.09. The van der Waals surface area contributed by atoms with Gasteiger partial charge in [-0.3, -0.25) is 0 Å². The van der Waals surface area contributed by atoms with Gasteiger partial charge < -0.3 is 9.47 Å². The number of nitrogens with zero attached hydrogens (tertiary/aromatic N) is 3. The molecule has 0 bridgehead atoms. The molecule has 0 aromatic carbocycles.